The number of hydrogen-bond donors (Lipinski definition) is 0. The minimum Gasteiger partial charge on any atom is -0.326 e. The molecule has 0 heterocycles. The predicted molar refractivity (Wildman–Crippen MR) is 66.1 cm³/mol. The molecule has 0 bridgehead atoms. The van der Waals surface area contributed by atoms with Gasteiger partial charge in [0.1, 0.15) is 8.24 Å². The highest BCUT2D eigenvalue weighted by Gasteiger charge is 2.18. The van der Waals surface area contributed by atoms with Crippen molar-refractivity contribution >= 4 is 8.24 Å². The number of rotatable bonds is 4. The summed E-state index contributed by atoms with van der Waals surface area (Å²) in [5.41, 5.74) is 1.44. The van der Waals surface area contributed by atoms with Gasteiger partial charge in [-0.3, -0.25) is 0 Å². The van der Waals surface area contributed by atoms with E-state index in [-0.39, 0.29) is 0 Å². The highest BCUT2D eigenvalue weighted by atomic mass is 28.3. The highest BCUT2D eigenvalue weighted by molar-refractivity contribution is 6.73. The summed E-state index contributed by atoms with van der Waals surface area (Å²) in [7, 11) is 1.16. The Morgan fingerprint density at radius 2 is 1.64 bits per heavy atom. The van der Waals surface area contributed by atoms with Gasteiger partial charge in [-0.2, -0.15) is 0 Å². The molecule has 1 nitrogen and oxygen atoms in total. The van der Waals surface area contributed by atoms with Crippen LogP contribution >= 0.6 is 0 Å². The van der Waals surface area contributed by atoms with Crippen LogP contribution in [0.2, 0.25) is 19.6 Å². The van der Waals surface area contributed by atoms with Crippen LogP contribution in [-0.4, -0.2) is 26.4 Å². The molecule has 0 radical (unpaired) electrons. The Kier molecular flexibility index (Phi) is 3.90. The number of hydrogen-bond acceptors (Lipinski definition) is 1. The first-order chi connectivity index (χ1) is 6.50. The summed E-state index contributed by atoms with van der Waals surface area (Å²) in [5, 5.41) is 0. The average molecular weight is 207 g/mol. The van der Waals surface area contributed by atoms with E-state index in [2.05, 4.69) is 61.6 Å². The average Bonchev–Trinajstić information content (AvgIpc) is 2.14. The van der Waals surface area contributed by atoms with Crippen molar-refractivity contribution in [3.63, 3.8) is 0 Å². The number of likely N-dealkylation sites (N-methyl/N-ethyl adjacent to an activating group) is 1. The third-order valence-corrected chi connectivity index (χ3v) is 5.24. The molecule has 0 saturated carbocycles. The molecule has 0 spiro atoms. The maximum absolute atomic E-state index is 2.53. The van der Waals surface area contributed by atoms with E-state index in [9.17, 15) is 0 Å². The van der Waals surface area contributed by atoms with Gasteiger partial charge in [0.25, 0.3) is 0 Å². The molecule has 0 atom stereocenters. The fourth-order valence-electron chi connectivity index (χ4n) is 1.28. The molecule has 14 heavy (non-hydrogen) atoms. The molecule has 78 valence electrons. The molecule has 0 aromatic heterocycles. The van der Waals surface area contributed by atoms with Crippen molar-refractivity contribution in [3.05, 3.63) is 35.9 Å². The molecule has 0 aliphatic heterocycles. The van der Waals surface area contributed by atoms with Crippen molar-refractivity contribution in [2.24, 2.45) is 0 Å². The van der Waals surface area contributed by atoms with Gasteiger partial charge >= 0.3 is 0 Å². The van der Waals surface area contributed by atoms with E-state index in [1.54, 1.807) is 0 Å². The summed E-state index contributed by atoms with van der Waals surface area (Å²) in [5.74, 6) is 0. The van der Waals surface area contributed by atoms with E-state index in [4.69, 9.17) is 0 Å². The van der Waals surface area contributed by atoms with Gasteiger partial charge in [0.15, 0.2) is 0 Å². The molecule has 0 saturated heterocycles. The summed E-state index contributed by atoms with van der Waals surface area (Å²) >= 11 is 0. The standard InChI is InChI=1S/C12H21NSi/c1-13(14(2,3)4)11-10-12-8-6-5-7-9-12/h5-9H,10-11H2,1-4H3. The lowest BCUT2D eigenvalue weighted by atomic mass is 10.2. The second-order valence-electron chi connectivity index (χ2n) is 4.83. The van der Waals surface area contributed by atoms with Crippen LogP contribution in [0.15, 0.2) is 30.3 Å². The molecule has 1 aromatic carbocycles. The Hall–Kier alpha value is -0.603. The van der Waals surface area contributed by atoms with Crippen LogP contribution in [0.4, 0.5) is 0 Å². The third kappa shape index (κ3) is 3.64. The summed E-state index contributed by atoms with van der Waals surface area (Å²) in [6.07, 6.45) is 1.17. The Balaban J connectivity index is 2.42. The maximum Gasteiger partial charge on any atom is 0.118 e. The monoisotopic (exact) mass is 207 g/mol. The van der Waals surface area contributed by atoms with Gasteiger partial charge in [0.2, 0.25) is 0 Å². The lowest BCUT2D eigenvalue weighted by molar-refractivity contribution is 0.512. The lowest BCUT2D eigenvalue weighted by Gasteiger charge is -2.29. The molecule has 0 amide bonds. The largest absolute Gasteiger partial charge is 0.326 e. The van der Waals surface area contributed by atoms with Crippen LogP contribution in [0.3, 0.4) is 0 Å². The van der Waals surface area contributed by atoms with Crippen molar-refractivity contribution in [3.8, 4) is 0 Å². The smallest absolute Gasteiger partial charge is 0.118 e. The van der Waals surface area contributed by atoms with E-state index in [0.717, 1.165) is 0 Å². The Morgan fingerprint density at radius 3 is 2.14 bits per heavy atom. The molecule has 1 rings (SSSR count). The Morgan fingerprint density at radius 1 is 1.07 bits per heavy atom. The first-order valence-corrected chi connectivity index (χ1v) is 8.70. The zero-order chi connectivity index (χ0) is 10.6. The summed E-state index contributed by atoms with van der Waals surface area (Å²) in [6, 6.07) is 10.7. The quantitative estimate of drug-likeness (QED) is 0.686. The molecule has 0 fully saturated rings. The van der Waals surface area contributed by atoms with Gasteiger partial charge in [-0.1, -0.05) is 50.0 Å². The van der Waals surface area contributed by atoms with E-state index < -0.39 is 8.24 Å². The SMILES string of the molecule is CN(CCc1ccccc1)[Si](C)(C)C. The maximum atomic E-state index is 2.53. The van der Waals surface area contributed by atoms with Crippen molar-refractivity contribution in [2.45, 2.75) is 26.1 Å². The fraction of sp³-hybridized carbons (Fsp3) is 0.500. The second kappa shape index (κ2) is 4.76. The van der Waals surface area contributed by atoms with Gasteiger partial charge in [-0.05, 0) is 25.6 Å². The summed E-state index contributed by atoms with van der Waals surface area (Å²) < 4.78 is 2.53. The summed E-state index contributed by atoms with van der Waals surface area (Å²) in [4.78, 5) is 0. The molecule has 0 unspecified atom stereocenters. The van der Waals surface area contributed by atoms with Crippen LogP contribution in [0.5, 0.6) is 0 Å². The van der Waals surface area contributed by atoms with Gasteiger partial charge in [-0.15, -0.1) is 0 Å². The van der Waals surface area contributed by atoms with Crippen LogP contribution in [0, 0.1) is 0 Å². The number of nitrogens with zero attached hydrogens (tertiary/aromatic N) is 1. The second-order valence-corrected chi connectivity index (χ2v) is 9.93. The molecular formula is C12H21NSi. The normalized spacial score (nSPS) is 12.1. The Labute approximate surface area is 88.8 Å². The van der Waals surface area contributed by atoms with Crippen LogP contribution in [-0.2, 0) is 6.42 Å². The number of benzene rings is 1. The van der Waals surface area contributed by atoms with Crippen molar-refractivity contribution in [1.82, 2.24) is 4.57 Å². The summed E-state index contributed by atoms with van der Waals surface area (Å²) in [6.45, 7) is 8.34. The molecule has 1 aromatic rings. The molecule has 0 aliphatic carbocycles. The fourth-order valence-corrected chi connectivity index (χ4v) is 2.06. The third-order valence-electron chi connectivity index (χ3n) is 2.72. The predicted octanol–water partition coefficient (Wildman–Crippen LogP) is 3.00. The minimum absolute atomic E-state index is 1.08. The first-order valence-electron chi connectivity index (χ1n) is 5.25. The molecule has 0 N–H and O–H groups in total. The Bertz CT molecular complexity index is 263. The van der Waals surface area contributed by atoms with Crippen molar-refractivity contribution in [2.75, 3.05) is 13.6 Å². The van der Waals surface area contributed by atoms with Crippen LogP contribution in [0.25, 0.3) is 0 Å². The van der Waals surface area contributed by atoms with E-state index in [0.29, 0.717) is 0 Å². The zero-order valence-corrected chi connectivity index (χ0v) is 10.7. The van der Waals surface area contributed by atoms with Crippen molar-refractivity contribution in [1.29, 1.82) is 0 Å². The highest BCUT2D eigenvalue weighted by Crippen LogP contribution is 2.08. The van der Waals surface area contributed by atoms with Crippen LogP contribution in [0.1, 0.15) is 5.56 Å². The van der Waals surface area contributed by atoms with Crippen LogP contribution < -0.4 is 0 Å². The minimum atomic E-state index is -1.08. The molecule has 0 aliphatic rings. The van der Waals surface area contributed by atoms with Gasteiger partial charge in [-0.25, -0.2) is 0 Å². The zero-order valence-electron chi connectivity index (χ0n) is 9.75. The topological polar surface area (TPSA) is 3.24 Å². The van der Waals surface area contributed by atoms with Gasteiger partial charge < -0.3 is 4.57 Å². The molecular weight excluding hydrogens is 186 g/mol. The van der Waals surface area contributed by atoms with E-state index in [1.165, 1.54) is 18.5 Å². The lowest BCUT2D eigenvalue weighted by Crippen LogP contribution is -2.44. The van der Waals surface area contributed by atoms with Gasteiger partial charge in [0.05, 0.1) is 0 Å². The van der Waals surface area contributed by atoms with E-state index in [1.807, 2.05) is 0 Å². The first kappa shape index (κ1) is 11.5. The van der Waals surface area contributed by atoms with Gasteiger partial charge in [0, 0.05) is 0 Å². The molecule has 2 heteroatoms. The van der Waals surface area contributed by atoms with Crippen molar-refractivity contribution < 1.29 is 0 Å². The van der Waals surface area contributed by atoms with E-state index >= 15 is 0 Å².